The summed E-state index contributed by atoms with van der Waals surface area (Å²) in [5, 5.41) is 13.0. The zero-order chi connectivity index (χ0) is 13.9. The summed E-state index contributed by atoms with van der Waals surface area (Å²) >= 11 is 0. The van der Waals surface area contributed by atoms with Crippen LogP contribution in [0.5, 0.6) is 5.75 Å². The van der Waals surface area contributed by atoms with Crippen LogP contribution >= 0.6 is 0 Å². The quantitative estimate of drug-likeness (QED) is 0.762. The molecule has 0 spiro atoms. The zero-order valence-corrected chi connectivity index (χ0v) is 11.0. The first kappa shape index (κ1) is 12.3. The van der Waals surface area contributed by atoms with Crippen molar-refractivity contribution in [2.45, 2.75) is 13.5 Å². The fraction of sp³-hybridized carbons (Fsp3) is 0.133. The molecule has 0 amide bonds. The number of pyridine rings is 1. The van der Waals surface area contributed by atoms with Crippen molar-refractivity contribution in [3.8, 4) is 5.75 Å². The van der Waals surface area contributed by atoms with Crippen LogP contribution in [0.3, 0.4) is 0 Å². The van der Waals surface area contributed by atoms with Gasteiger partial charge in [0.2, 0.25) is 0 Å². The van der Waals surface area contributed by atoms with E-state index in [0.717, 1.165) is 22.4 Å². The fourth-order valence-electron chi connectivity index (χ4n) is 1.99. The molecule has 0 unspecified atom stereocenters. The lowest BCUT2D eigenvalue weighted by Gasteiger charge is -2.08. The summed E-state index contributed by atoms with van der Waals surface area (Å²) in [6, 6.07) is 9.21. The van der Waals surface area contributed by atoms with Crippen LogP contribution in [0, 0.1) is 6.92 Å². The van der Waals surface area contributed by atoms with Gasteiger partial charge in [0.15, 0.2) is 0 Å². The molecule has 3 aromatic rings. The fourth-order valence-corrected chi connectivity index (χ4v) is 1.99. The van der Waals surface area contributed by atoms with Crippen molar-refractivity contribution in [2.24, 2.45) is 0 Å². The lowest BCUT2D eigenvalue weighted by Crippen LogP contribution is -2.03. The van der Waals surface area contributed by atoms with Gasteiger partial charge in [-0.05, 0) is 37.3 Å². The van der Waals surface area contributed by atoms with E-state index >= 15 is 0 Å². The maximum Gasteiger partial charge on any atom is 0.138 e. The maximum atomic E-state index is 9.76. The Morgan fingerprint density at radius 3 is 2.70 bits per heavy atom. The number of fused-ring (bicyclic) bond motifs is 1. The second-order valence-electron chi connectivity index (χ2n) is 4.53. The summed E-state index contributed by atoms with van der Waals surface area (Å²) < 4.78 is 0. The smallest absolute Gasteiger partial charge is 0.138 e. The number of hydrogen-bond donors (Lipinski definition) is 2. The maximum absolute atomic E-state index is 9.76. The van der Waals surface area contributed by atoms with E-state index in [-0.39, 0.29) is 5.75 Å². The molecule has 0 atom stereocenters. The number of benzene rings is 1. The summed E-state index contributed by atoms with van der Waals surface area (Å²) in [4.78, 5) is 12.8. The summed E-state index contributed by atoms with van der Waals surface area (Å²) in [5.74, 6) is 0.198. The molecule has 0 saturated carbocycles. The molecule has 20 heavy (non-hydrogen) atoms. The van der Waals surface area contributed by atoms with Gasteiger partial charge in [0.25, 0.3) is 0 Å². The van der Waals surface area contributed by atoms with Crippen molar-refractivity contribution in [1.82, 2.24) is 15.0 Å². The minimum atomic E-state index is 0.198. The van der Waals surface area contributed by atoms with Gasteiger partial charge in [-0.1, -0.05) is 0 Å². The van der Waals surface area contributed by atoms with E-state index < -0.39 is 0 Å². The predicted molar refractivity (Wildman–Crippen MR) is 77.5 cm³/mol. The summed E-state index contributed by atoms with van der Waals surface area (Å²) in [6.45, 7) is 2.35. The van der Waals surface area contributed by atoms with E-state index in [9.17, 15) is 5.11 Å². The molecule has 0 aliphatic carbocycles. The molecular weight excluding hydrogens is 252 g/mol. The van der Waals surface area contributed by atoms with Crippen LogP contribution in [0.25, 0.3) is 11.0 Å². The summed E-state index contributed by atoms with van der Waals surface area (Å²) in [6.07, 6.45) is 3.34. The van der Waals surface area contributed by atoms with Crippen LogP contribution in [0.2, 0.25) is 0 Å². The Hall–Kier alpha value is -2.69. The van der Waals surface area contributed by atoms with Gasteiger partial charge in [-0.15, -0.1) is 0 Å². The molecule has 2 heterocycles. The van der Waals surface area contributed by atoms with E-state index in [4.69, 9.17) is 0 Å². The number of anilines is 1. The standard InChI is InChI=1S/C15H14N4O/c1-10-2-5-15(20)14(19-10)9-18-11-3-4-12-13(8-11)17-7-6-16-12/h2-8,18,20H,9H2,1H3. The third kappa shape index (κ3) is 2.51. The highest BCUT2D eigenvalue weighted by Gasteiger charge is 2.04. The third-order valence-corrected chi connectivity index (χ3v) is 3.02. The molecule has 0 radical (unpaired) electrons. The number of aryl methyl sites for hydroxylation is 1. The Balaban J connectivity index is 1.81. The van der Waals surface area contributed by atoms with Gasteiger partial charge in [-0.25, -0.2) is 0 Å². The number of aromatic nitrogens is 3. The van der Waals surface area contributed by atoms with E-state index in [1.54, 1.807) is 24.5 Å². The van der Waals surface area contributed by atoms with E-state index in [1.807, 2.05) is 25.1 Å². The van der Waals surface area contributed by atoms with E-state index in [0.29, 0.717) is 12.2 Å². The predicted octanol–water partition coefficient (Wildman–Crippen LogP) is 2.65. The van der Waals surface area contributed by atoms with Gasteiger partial charge in [-0.3, -0.25) is 15.0 Å². The van der Waals surface area contributed by atoms with Gasteiger partial charge >= 0.3 is 0 Å². The number of aromatic hydroxyl groups is 1. The van der Waals surface area contributed by atoms with Gasteiger partial charge in [-0.2, -0.15) is 0 Å². The minimum absolute atomic E-state index is 0.198. The average Bonchev–Trinajstić information content (AvgIpc) is 2.48. The number of nitrogens with one attached hydrogen (secondary N) is 1. The molecule has 5 heteroatoms. The van der Waals surface area contributed by atoms with Crippen LogP contribution in [0.4, 0.5) is 5.69 Å². The van der Waals surface area contributed by atoms with Crippen molar-refractivity contribution in [3.63, 3.8) is 0 Å². The normalized spacial score (nSPS) is 10.7. The molecule has 5 nitrogen and oxygen atoms in total. The molecule has 100 valence electrons. The Bertz CT molecular complexity index is 758. The Morgan fingerprint density at radius 2 is 1.85 bits per heavy atom. The Morgan fingerprint density at radius 1 is 1.05 bits per heavy atom. The first-order chi connectivity index (χ1) is 9.72. The molecule has 0 fully saturated rings. The number of nitrogens with zero attached hydrogens (tertiary/aromatic N) is 3. The molecular formula is C15H14N4O. The molecule has 1 aromatic carbocycles. The summed E-state index contributed by atoms with van der Waals surface area (Å²) in [5.41, 5.74) is 4.11. The van der Waals surface area contributed by atoms with Gasteiger partial charge in [0.05, 0.1) is 17.6 Å². The Labute approximate surface area is 116 Å². The first-order valence-electron chi connectivity index (χ1n) is 6.32. The first-order valence-corrected chi connectivity index (χ1v) is 6.32. The second-order valence-corrected chi connectivity index (χ2v) is 4.53. The SMILES string of the molecule is Cc1ccc(O)c(CNc2ccc3nccnc3c2)n1. The van der Waals surface area contributed by atoms with Crippen LogP contribution < -0.4 is 5.32 Å². The number of rotatable bonds is 3. The molecule has 0 aliphatic rings. The Kier molecular flexibility index (Phi) is 3.16. The van der Waals surface area contributed by atoms with Crippen molar-refractivity contribution in [2.75, 3.05) is 5.32 Å². The van der Waals surface area contributed by atoms with Crippen LogP contribution in [-0.4, -0.2) is 20.1 Å². The number of hydrogen-bond acceptors (Lipinski definition) is 5. The van der Waals surface area contributed by atoms with Gasteiger partial charge in [0.1, 0.15) is 11.4 Å². The van der Waals surface area contributed by atoms with Crippen molar-refractivity contribution < 1.29 is 5.11 Å². The van der Waals surface area contributed by atoms with Gasteiger partial charge < -0.3 is 10.4 Å². The lowest BCUT2D eigenvalue weighted by atomic mass is 10.2. The second kappa shape index (κ2) is 5.13. The van der Waals surface area contributed by atoms with Crippen LogP contribution in [0.1, 0.15) is 11.4 Å². The molecule has 0 aliphatic heterocycles. The molecule has 0 bridgehead atoms. The highest BCUT2D eigenvalue weighted by molar-refractivity contribution is 5.78. The van der Waals surface area contributed by atoms with Crippen molar-refractivity contribution in [3.05, 3.63) is 54.1 Å². The van der Waals surface area contributed by atoms with Gasteiger partial charge in [0, 0.05) is 23.8 Å². The average molecular weight is 266 g/mol. The summed E-state index contributed by atoms with van der Waals surface area (Å²) in [7, 11) is 0. The molecule has 0 saturated heterocycles. The monoisotopic (exact) mass is 266 g/mol. The zero-order valence-electron chi connectivity index (χ0n) is 11.0. The lowest BCUT2D eigenvalue weighted by molar-refractivity contribution is 0.464. The van der Waals surface area contributed by atoms with Crippen molar-refractivity contribution in [1.29, 1.82) is 0 Å². The topological polar surface area (TPSA) is 70.9 Å². The molecule has 2 aromatic heterocycles. The van der Waals surface area contributed by atoms with Crippen molar-refractivity contribution >= 4 is 16.7 Å². The largest absolute Gasteiger partial charge is 0.506 e. The highest BCUT2D eigenvalue weighted by atomic mass is 16.3. The highest BCUT2D eigenvalue weighted by Crippen LogP contribution is 2.19. The van der Waals surface area contributed by atoms with Crippen LogP contribution in [0.15, 0.2) is 42.7 Å². The minimum Gasteiger partial charge on any atom is -0.506 e. The van der Waals surface area contributed by atoms with E-state index in [2.05, 4.69) is 20.3 Å². The molecule has 2 N–H and O–H groups in total. The third-order valence-electron chi connectivity index (χ3n) is 3.02. The van der Waals surface area contributed by atoms with Crippen LogP contribution in [-0.2, 0) is 6.54 Å². The van der Waals surface area contributed by atoms with E-state index in [1.165, 1.54) is 0 Å². The molecule has 3 rings (SSSR count).